The van der Waals surface area contributed by atoms with E-state index in [1.54, 1.807) is 24.3 Å². The Kier molecular flexibility index (Phi) is 9.41. The quantitative estimate of drug-likeness (QED) is 0.168. The van der Waals surface area contributed by atoms with Crippen LogP contribution in [-0.2, 0) is 16.1 Å². The number of nitro benzene ring substituents is 1. The number of nitrogens with one attached hydrogen (secondary N) is 1. The van der Waals surface area contributed by atoms with Gasteiger partial charge in [0.1, 0.15) is 5.75 Å². The van der Waals surface area contributed by atoms with E-state index >= 15 is 0 Å². The van der Waals surface area contributed by atoms with Gasteiger partial charge in [-0.05, 0) is 62.4 Å². The number of nitrogens with zero attached hydrogens (tertiary/aromatic N) is 3. The molecule has 212 valence electrons. The highest BCUT2D eigenvalue weighted by molar-refractivity contribution is 8.18. The van der Waals surface area contributed by atoms with E-state index in [2.05, 4.69) is 10.2 Å². The first-order valence-electron chi connectivity index (χ1n) is 13.1. The molecule has 0 aromatic heterocycles. The normalized spacial score (nSPS) is 13.9. The first-order valence-corrected chi connectivity index (χ1v) is 13.9. The average Bonchev–Trinajstić information content (AvgIpc) is 3.21. The Morgan fingerprint density at radius 3 is 2.54 bits per heavy atom. The molecule has 0 radical (unpaired) electrons. The molecule has 0 bridgehead atoms. The summed E-state index contributed by atoms with van der Waals surface area (Å²) in [5.41, 5.74) is 3.42. The van der Waals surface area contributed by atoms with E-state index in [0.717, 1.165) is 41.7 Å². The van der Waals surface area contributed by atoms with Crippen molar-refractivity contribution in [2.75, 3.05) is 29.9 Å². The molecular formula is C30H30N4O6S. The molecule has 4 rings (SSSR count). The Morgan fingerprint density at radius 1 is 1.07 bits per heavy atom. The minimum absolute atomic E-state index is 0.144. The van der Waals surface area contributed by atoms with E-state index in [0.29, 0.717) is 11.3 Å². The number of aryl methyl sites for hydroxylation is 1. The molecule has 11 heteroatoms. The number of amides is 3. The average molecular weight is 575 g/mol. The molecule has 1 fully saturated rings. The predicted molar refractivity (Wildman–Crippen MR) is 160 cm³/mol. The third kappa shape index (κ3) is 7.31. The maximum Gasteiger partial charge on any atom is 0.293 e. The first-order chi connectivity index (χ1) is 19.7. The summed E-state index contributed by atoms with van der Waals surface area (Å²) >= 11 is 0.856. The van der Waals surface area contributed by atoms with Crippen molar-refractivity contribution in [3.05, 3.63) is 98.4 Å². The lowest BCUT2D eigenvalue weighted by atomic mass is 10.1. The largest absolute Gasteiger partial charge is 0.483 e. The molecule has 3 aromatic carbocycles. The SMILES string of the molecule is CCN(CC)c1ccc(/C=C2/SC(=O)N(Cc3cccc(C)c3)C2=O)c(OCC(=O)Nc2cccc([N+](=O)[O-])c2)c1. The van der Waals surface area contributed by atoms with Crippen LogP contribution < -0.4 is 15.0 Å². The summed E-state index contributed by atoms with van der Waals surface area (Å²) in [6, 6.07) is 18.7. The fraction of sp³-hybridized carbons (Fsp3) is 0.233. The molecule has 0 saturated carbocycles. The number of carbonyl (C=O) groups excluding carboxylic acids is 3. The number of hydrogen-bond donors (Lipinski definition) is 1. The Morgan fingerprint density at radius 2 is 1.83 bits per heavy atom. The smallest absolute Gasteiger partial charge is 0.293 e. The fourth-order valence-electron chi connectivity index (χ4n) is 4.36. The van der Waals surface area contributed by atoms with Gasteiger partial charge in [0.15, 0.2) is 6.61 Å². The van der Waals surface area contributed by atoms with Crippen molar-refractivity contribution in [2.24, 2.45) is 0 Å². The number of hydrogen-bond acceptors (Lipinski definition) is 8. The second-order valence-corrected chi connectivity index (χ2v) is 10.3. The van der Waals surface area contributed by atoms with Crippen molar-refractivity contribution >= 4 is 52.0 Å². The summed E-state index contributed by atoms with van der Waals surface area (Å²) in [5, 5.41) is 13.3. The number of nitro groups is 1. The van der Waals surface area contributed by atoms with Gasteiger partial charge in [-0.1, -0.05) is 35.9 Å². The molecule has 3 aromatic rings. The zero-order valence-corrected chi connectivity index (χ0v) is 23.8. The van der Waals surface area contributed by atoms with Crippen molar-refractivity contribution in [3.8, 4) is 5.75 Å². The number of carbonyl (C=O) groups is 3. The molecular weight excluding hydrogens is 544 g/mol. The van der Waals surface area contributed by atoms with Crippen molar-refractivity contribution < 1.29 is 24.0 Å². The lowest BCUT2D eigenvalue weighted by Crippen LogP contribution is -2.27. The van der Waals surface area contributed by atoms with Gasteiger partial charge >= 0.3 is 0 Å². The summed E-state index contributed by atoms with van der Waals surface area (Å²) < 4.78 is 5.90. The topological polar surface area (TPSA) is 122 Å². The van der Waals surface area contributed by atoms with E-state index in [1.807, 2.05) is 51.1 Å². The highest BCUT2D eigenvalue weighted by Gasteiger charge is 2.35. The fourth-order valence-corrected chi connectivity index (χ4v) is 5.19. The second-order valence-electron chi connectivity index (χ2n) is 9.30. The number of benzene rings is 3. The predicted octanol–water partition coefficient (Wildman–Crippen LogP) is 6.00. The van der Waals surface area contributed by atoms with Gasteiger partial charge in [0.05, 0.1) is 16.4 Å². The zero-order chi connectivity index (χ0) is 29.5. The standard InChI is InChI=1S/C30H30N4O6S/c1-4-32(5-2)24-13-12-22(15-27-29(36)33(30(37)41-27)18-21-9-6-8-20(3)14-21)26(17-24)40-19-28(35)31-23-10-7-11-25(16-23)34(38)39/h6-17H,4-5,18-19H2,1-3H3,(H,31,35)/b27-15+. The molecule has 3 amide bonds. The Labute approximate surface area is 242 Å². The molecule has 1 aliphatic heterocycles. The van der Waals surface area contributed by atoms with E-state index in [-0.39, 0.29) is 34.7 Å². The van der Waals surface area contributed by atoms with E-state index < -0.39 is 16.7 Å². The summed E-state index contributed by atoms with van der Waals surface area (Å²) in [6.45, 7) is 7.29. The van der Waals surface area contributed by atoms with Gasteiger partial charge in [0, 0.05) is 48.2 Å². The van der Waals surface area contributed by atoms with Gasteiger partial charge in [-0.2, -0.15) is 0 Å². The van der Waals surface area contributed by atoms with Gasteiger partial charge in [-0.15, -0.1) is 0 Å². The molecule has 0 atom stereocenters. The van der Waals surface area contributed by atoms with Crippen LogP contribution in [0, 0.1) is 17.0 Å². The summed E-state index contributed by atoms with van der Waals surface area (Å²) in [7, 11) is 0. The number of non-ortho nitro benzene ring substituents is 1. The van der Waals surface area contributed by atoms with Crippen LogP contribution in [-0.4, -0.2) is 46.6 Å². The van der Waals surface area contributed by atoms with E-state index in [1.165, 1.54) is 23.1 Å². The molecule has 1 aliphatic rings. The Bertz CT molecular complexity index is 1520. The number of thioether (sulfide) groups is 1. The number of imide groups is 1. The van der Waals surface area contributed by atoms with E-state index in [4.69, 9.17) is 4.74 Å². The van der Waals surface area contributed by atoms with Crippen molar-refractivity contribution in [3.63, 3.8) is 0 Å². The van der Waals surface area contributed by atoms with Crippen molar-refractivity contribution in [1.29, 1.82) is 0 Å². The molecule has 1 heterocycles. The van der Waals surface area contributed by atoms with Crippen LogP contribution in [0.3, 0.4) is 0 Å². The third-order valence-electron chi connectivity index (χ3n) is 6.41. The minimum Gasteiger partial charge on any atom is -0.483 e. The second kappa shape index (κ2) is 13.1. The minimum atomic E-state index is -0.542. The van der Waals surface area contributed by atoms with Gasteiger partial charge in [-0.25, -0.2) is 0 Å². The number of ether oxygens (including phenoxy) is 1. The van der Waals surface area contributed by atoms with Crippen LogP contribution in [0.4, 0.5) is 21.9 Å². The summed E-state index contributed by atoms with van der Waals surface area (Å²) in [5.74, 6) is -0.555. The van der Waals surface area contributed by atoms with Crippen molar-refractivity contribution in [2.45, 2.75) is 27.3 Å². The Hall–Kier alpha value is -4.64. The van der Waals surface area contributed by atoms with Crippen LogP contribution in [0.5, 0.6) is 5.75 Å². The summed E-state index contributed by atoms with van der Waals surface area (Å²) in [6.07, 6.45) is 1.60. The monoisotopic (exact) mass is 574 g/mol. The highest BCUT2D eigenvalue weighted by Crippen LogP contribution is 2.36. The van der Waals surface area contributed by atoms with Gasteiger partial charge < -0.3 is 15.0 Å². The summed E-state index contributed by atoms with van der Waals surface area (Å²) in [4.78, 5) is 52.6. The number of anilines is 2. The van der Waals surface area contributed by atoms with Crippen LogP contribution in [0.1, 0.15) is 30.5 Å². The molecule has 1 N–H and O–H groups in total. The molecule has 10 nitrogen and oxygen atoms in total. The Balaban J connectivity index is 1.55. The lowest BCUT2D eigenvalue weighted by Gasteiger charge is -2.22. The molecule has 0 unspecified atom stereocenters. The van der Waals surface area contributed by atoms with Crippen LogP contribution in [0.2, 0.25) is 0 Å². The van der Waals surface area contributed by atoms with E-state index in [9.17, 15) is 24.5 Å². The van der Waals surface area contributed by atoms with Gasteiger partial charge in [0.25, 0.3) is 22.7 Å². The van der Waals surface area contributed by atoms with Crippen LogP contribution in [0.15, 0.2) is 71.6 Å². The maximum absolute atomic E-state index is 13.2. The maximum atomic E-state index is 13.2. The van der Waals surface area contributed by atoms with Crippen LogP contribution in [0.25, 0.3) is 6.08 Å². The highest BCUT2D eigenvalue weighted by atomic mass is 32.2. The van der Waals surface area contributed by atoms with Gasteiger partial charge in [-0.3, -0.25) is 29.4 Å². The lowest BCUT2D eigenvalue weighted by molar-refractivity contribution is -0.384. The van der Waals surface area contributed by atoms with Crippen LogP contribution >= 0.6 is 11.8 Å². The van der Waals surface area contributed by atoms with Crippen molar-refractivity contribution in [1.82, 2.24) is 4.90 Å². The molecule has 41 heavy (non-hydrogen) atoms. The number of rotatable bonds is 11. The molecule has 0 aliphatic carbocycles. The van der Waals surface area contributed by atoms with Gasteiger partial charge in [0.2, 0.25) is 0 Å². The molecule has 1 saturated heterocycles. The third-order valence-corrected chi connectivity index (χ3v) is 7.32. The first kappa shape index (κ1) is 29.3. The molecule has 0 spiro atoms. The zero-order valence-electron chi connectivity index (χ0n) is 23.0.